The van der Waals surface area contributed by atoms with Crippen molar-refractivity contribution in [1.29, 1.82) is 0 Å². The molecule has 0 saturated carbocycles. The van der Waals surface area contributed by atoms with Gasteiger partial charge in [0, 0.05) is 26.5 Å². The van der Waals surface area contributed by atoms with Gasteiger partial charge in [0.25, 0.3) is 6.47 Å². The molecule has 8 heteroatoms. The first-order valence-corrected chi connectivity index (χ1v) is 7.14. The van der Waals surface area contributed by atoms with E-state index in [4.69, 9.17) is 15.6 Å². The first kappa shape index (κ1) is 18.9. The predicted octanol–water partition coefficient (Wildman–Crippen LogP) is 1.99. The Morgan fingerprint density at radius 1 is 1.17 bits per heavy atom. The number of aromatic nitrogens is 4. The van der Waals surface area contributed by atoms with Crippen LogP contribution in [-0.4, -0.2) is 38.1 Å². The number of nitrogen functional groups attached to an aromatic ring is 1. The van der Waals surface area contributed by atoms with Crippen LogP contribution in [-0.2, 0) is 11.8 Å². The second kappa shape index (κ2) is 9.09. The van der Waals surface area contributed by atoms with Gasteiger partial charge in [-0.05, 0) is 37.1 Å². The minimum atomic E-state index is -0.250. The molecular formula is C16H22N6O2. The molecule has 0 atom stereocenters. The van der Waals surface area contributed by atoms with Crippen molar-refractivity contribution in [2.75, 3.05) is 18.1 Å². The number of anilines is 2. The van der Waals surface area contributed by atoms with Crippen LogP contribution in [0.2, 0.25) is 0 Å². The summed E-state index contributed by atoms with van der Waals surface area (Å²) < 4.78 is 1.91. The summed E-state index contributed by atoms with van der Waals surface area (Å²) >= 11 is 0. The van der Waals surface area contributed by atoms with Crippen molar-refractivity contribution in [3.63, 3.8) is 0 Å². The van der Waals surface area contributed by atoms with E-state index in [2.05, 4.69) is 20.3 Å². The zero-order valence-corrected chi connectivity index (χ0v) is 14.2. The predicted molar refractivity (Wildman–Crippen MR) is 94.9 cm³/mol. The van der Waals surface area contributed by atoms with Crippen molar-refractivity contribution in [3.8, 4) is 0 Å². The highest BCUT2D eigenvalue weighted by atomic mass is 16.3. The van der Waals surface area contributed by atoms with Crippen molar-refractivity contribution >= 4 is 29.1 Å². The fraction of sp³-hybridized carbons (Fsp3) is 0.250. The standard InChI is InChI=1S/C8H9N3.C7H11N3.CH2O2/c1-6-3-7-8(9-4-6)11(2)5-10-7;1-5-3-6(8)7(9-2)10-4-5;2-1-3/h3-5H,1-2H3;3-4H,8H2,1-2H3,(H,9,10);1H,(H,2,3). The number of pyridine rings is 2. The van der Waals surface area contributed by atoms with E-state index in [1.165, 1.54) is 0 Å². The number of hydrogen-bond acceptors (Lipinski definition) is 6. The summed E-state index contributed by atoms with van der Waals surface area (Å²) in [7, 11) is 3.74. The molecule has 0 fully saturated rings. The zero-order chi connectivity index (χ0) is 18.1. The third-order valence-electron chi connectivity index (χ3n) is 2.98. The van der Waals surface area contributed by atoms with Crippen LogP contribution in [0.15, 0.2) is 30.9 Å². The monoisotopic (exact) mass is 330 g/mol. The Labute approximate surface area is 140 Å². The Balaban J connectivity index is 0.000000208. The quantitative estimate of drug-likeness (QED) is 0.584. The molecule has 3 heterocycles. The minimum Gasteiger partial charge on any atom is -0.483 e. The van der Waals surface area contributed by atoms with Gasteiger partial charge in [-0.25, -0.2) is 15.0 Å². The minimum absolute atomic E-state index is 0.250. The highest BCUT2D eigenvalue weighted by Gasteiger charge is 1.98. The van der Waals surface area contributed by atoms with Crippen LogP contribution in [0.5, 0.6) is 0 Å². The largest absolute Gasteiger partial charge is 0.483 e. The molecule has 24 heavy (non-hydrogen) atoms. The number of nitrogens with one attached hydrogen (secondary N) is 1. The van der Waals surface area contributed by atoms with Gasteiger partial charge in [0.05, 0.1) is 12.0 Å². The van der Waals surface area contributed by atoms with Gasteiger partial charge < -0.3 is 20.7 Å². The maximum absolute atomic E-state index is 8.36. The van der Waals surface area contributed by atoms with Gasteiger partial charge in [-0.2, -0.15) is 0 Å². The molecule has 3 aromatic heterocycles. The maximum Gasteiger partial charge on any atom is 0.290 e. The lowest BCUT2D eigenvalue weighted by Gasteiger charge is -2.02. The molecule has 0 aliphatic heterocycles. The molecule has 128 valence electrons. The second-order valence-corrected chi connectivity index (χ2v) is 5.02. The normalized spacial score (nSPS) is 9.33. The highest BCUT2D eigenvalue weighted by Crippen LogP contribution is 2.14. The molecule has 0 radical (unpaired) electrons. The van der Waals surface area contributed by atoms with E-state index in [0.717, 1.165) is 28.1 Å². The van der Waals surface area contributed by atoms with E-state index in [-0.39, 0.29) is 6.47 Å². The Bertz CT molecular complexity index is 800. The lowest BCUT2D eigenvalue weighted by Crippen LogP contribution is -1.98. The van der Waals surface area contributed by atoms with Crippen LogP contribution in [0.3, 0.4) is 0 Å². The number of fused-ring (bicyclic) bond motifs is 1. The fourth-order valence-electron chi connectivity index (χ4n) is 1.92. The number of nitrogens with two attached hydrogens (primary N) is 1. The molecule has 0 unspecified atom stereocenters. The Kier molecular flexibility index (Phi) is 7.15. The molecule has 4 N–H and O–H groups in total. The van der Waals surface area contributed by atoms with Crippen LogP contribution in [0.1, 0.15) is 11.1 Å². The van der Waals surface area contributed by atoms with Crippen LogP contribution >= 0.6 is 0 Å². The third-order valence-corrected chi connectivity index (χ3v) is 2.98. The Morgan fingerprint density at radius 2 is 1.75 bits per heavy atom. The summed E-state index contributed by atoms with van der Waals surface area (Å²) in [5.41, 5.74) is 10.4. The maximum atomic E-state index is 8.36. The summed E-state index contributed by atoms with van der Waals surface area (Å²) in [5.74, 6) is 0.741. The van der Waals surface area contributed by atoms with E-state index in [0.29, 0.717) is 5.69 Å². The van der Waals surface area contributed by atoms with Crippen molar-refractivity contribution in [3.05, 3.63) is 42.0 Å². The molecule has 3 rings (SSSR count). The number of hydrogen-bond donors (Lipinski definition) is 3. The molecule has 0 aliphatic carbocycles. The van der Waals surface area contributed by atoms with Gasteiger partial charge in [-0.1, -0.05) is 0 Å². The molecule has 3 aromatic rings. The summed E-state index contributed by atoms with van der Waals surface area (Å²) in [6.07, 6.45) is 5.41. The summed E-state index contributed by atoms with van der Waals surface area (Å²) in [4.78, 5) is 20.8. The average molecular weight is 330 g/mol. The van der Waals surface area contributed by atoms with Crippen LogP contribution in [0.4, 0.5) is 11.5 Å². The van der Waals surface area contributed by atoms with Gasteiger partial charge in [0.2, 0.25) is 0 Å². The van der Waals surface area contributed by atoms with Gasteiger partial charge in [-0.15, -0.1) is 0 Å². The topological polar surface area (TPSA) is 119 Å². The van der Waals surface area contributed by atoms with Gasteiger partial charge in [0.1, 0.15) is 11.3 Å². The van der Waals surface area contributed by atoms with Gasteiger partial charge in [-0.3, -0.25) is 4.79 Å². The first-order chi connectivity index (χ1) is 11.4. The number of rotatable bonds is 1. The molecule has 0 spiro atoms. The van der Waals surface area contributed by atoms with E-state index in [9.17, 15) is 0 Å². The fourth-order valence-corrected chi connectivity index (χ4v) is 1.92. The summed E-state index contributed by atoms with van der Waals surface area (Å²) in [6.45, 7) is 3.73. The van der Waals surface area contributed by atoms with Crippen LogP contribution in [0, 0.1) is 13.8 Å². The van der Waals surface area contributed by atoms with Crippen molar-refractivity contribution < 1.29 is 9.90 Å². The van der Waals surface area contributed by atoms with Gasteiger partial charge in [0.15, 0.2) is 5.65 Å². The SMILES string of the molecule is CNc1ncc(C)cc1N.Cc1cnc2c(c1)ncn2C.O=CO. The van der Waals surface area contributed by atoms with Crippen LogP contribution in [0.25, 0.3) is 11.2 Å². The van der Waals surface area contributed by atoms with Crippen molar-refractivity contribution in [2.24, 2.45) is 7.05 Å². The number of nitrogens with zero attached hydrogens (tertiary/aromatic N) is 4. The number of carboxylic acid groups (broad SMARTS) is 1. The average Bonchev–Trinajstić information content (AvgIpc) is 2.89. The van der Waals surface area contributed by atoms with E-state index in [1.807, 2.05) is 43.8 Å². The number of aryl methyl sites for hydroxylation is 3. The van der Waals surface area contributed by atoms with Crippen molar-refractivity contribution in [2.45, 2.75) is 13.8 Å². The first-order valence-electron chi connectivity index (χ1n) is 7.14. The van der Waals surface area contributed by atoms with E-state index >= 15 is 0 Å². The second-order valence-electron chi connectivity index (χ2n) is 5.02. The van der Waals surface area contributed by atoms with Gasteiger partial charge >= 0.3 is 0 Å². The van der Waals surface area contributed by atoms with E-state index in [1.54, 1.807) is 19.6 Å². The Morgan fingerprint density at radius 3 is 2.33 bits per heavy atom. The number of carbonyl (C=O) groups is 1. The Hall–Kier alpha value is -3.16. The van der Waals surface area contributed by atoms with Crippen molar-refractivity contribution in [1.82, 2.24) is 19.5 Å². The van der Waals surface area contributed by atoms with Crippen LogP contribution < -0.4 is 11.1 Å². The molecule has 0 bridgehead atoms. The smallest absolute Gasteiger partial charge is 0.290 e. The summed E-state index contributed by atoms with van der Waals surface area (Å²) in [5, 5.41) is 9.78. The molecular weight excluding hydrogens is 308 g/mol. The lowest BCUT2D eigenvalue weighted by atomic mass is 10.3. The molecule has 0 amide bonds. The number of imidazole rings is 1. The molecule has 8 nitrogen and oxygen atoms in total. The third kappa shape index (κ3) is 5.24. The lowest BCUT2D eigenvalue weighted by molar-refractivity contribution is -0.122. The summed E-state index contributed by atoms with van der Waals surface area (Å²) in [6, 6.07) is 3.92. The van der Waals surface area contributed by atoms with E-state index < -0.39 is 0 Å². The molecule has 0 saturated heterocycles. The molecule has 0 aliphatic rings. The zero-order valence-electron chi connectivity index (χ0n) is 14.2. The molecule has 0 aromatic carbocycles. The highest BCUT2D eigenvalue weighted by molar-refractivity contribution is 5.70.